The minimum Gasteiger partial charge on any atom is -0.497 e. The lowest BCUT2D eigenvalue weighted by atomic mass is 9.88. The zero-order valence-electron chi connectivity index (χ0n) is 17.1. The molecule has 1 saturated heterocycles. The molecule has 1 atom stereocenters. The molecule has 30 heavy (non-hydrogen) atoms. The number of aromatic amines is 1. The monoisotopic (exact) mass is 426 g/mol. The van der Waals surface area contributed by atoms with Crippen LogP contribution >= 0.6 is 11.3 Å². The third-order valence-corrected chi connectivity index (χ3v) is 6.81. The number of likely N-dealkylation sites (tertiary alicyclic amines) is 1. The molecule has 4 rings (SSSR count). The quantitative estimate of drug-likeness (QED) is 0.561. The second kappa shape index (κ2) is 8.49. The smallest absolute Gasteiger partial charge is 0.251 e. The van der Waals surface area contributed by atoms with Gasteiger partial charge in [-0.25, -0.2) is 0 Å². The van der Waals surface area contributed by atoms with Crippen LogP contribution in [0.2, 0.25) is 0 Å². The van der Waals surface area contributed by atoms with E-state index in [4.69, 9.17) is 10.5 Å². The average Bonchev–Trinajstić information content (AvgIpc) is 3.39. The lowest BCUT2D eigenvalue weighted by Gasteiger charge is -2.35. The SMILES string of the molecule is COc1ccc2[nH]cc(C3CCN(C(C)C(=O)Nc4sccc4C(N)=O)CC3)c2c1. The fourth-order valence-electron chi connectivity index (χ4n) is 4.17. The van der Waals surface area contributed by atoms with E-state index in [1.807, 2.05) is 19.1 Å². The number of thiophene rings is 1. The topological polar surface area (TPSA) is 100 Å². The fourth-order valence-corrected chi connectivity index (χ4v) is 4.96. The van der Waals surface area contributed by atoms with Gasteiger partial charge in [0.15, 0.2) is 0 Å². The molecule has 1 aliphatic rings. The number of piperidine rings is 1. The molecule has 1 aliphatic heterocycles. The summed E-state index contributed by atoms with van der Waals surface area (Å²) in [5.74, 6) is 0.650. The van der Waals surface area contributed by atoms with E-state index in [0.29, 0.717) is 16.5 Å². The summed E-state index contributed by atoms with van der Waals surface area (Å²) in [7, 11) is 1.68. The Morgan fingerprint density at radius 1 is 1.30 bits per heavy atom. The van der Waals surface area contributed by atoms with Gasteiger partial charge in [0.05, 0.1) is 18.7 Å². The normalized spacial score (nSPS) is 16.5. The van der Waals surface area contributed by atoms with Crippen LogP contribution in [0.1, 0.15) is 41.6 Å². The van der Waals surface area contributed by atoms with Crippen molar-refractivity contribution >= 4 is 39.1 Å². The molecule has 1 aromatic carbocycles. The highest BCUT2D eigenvalue weighted by Crippen LogP contribution is 2.35. The molecule has 8 heteroatoms. The molecule has 2 aromatic heterocycles. The predicted octanol–water partition coefficient (Wildman–Crippen LogP) is 3.54. The van der Waals surface area contributed by atoms with Crippen molar-refractivity contribution < 1.29 is 14.3 Å². The Morgan fingerprint density at radius 3 is 2.77 bits per heavy atom. The van der Waals surface area contributed by atoms with E-state index >= 15 is 0 Å². The van der Waals surface area contributed by atoms with Gasteiger partial charge in [-0.3, -0.25) is 14.5 Å². The molecule has 0 spiro atoms. The summed E-state index contributed by atoms with van der Waals surface area (Å²) in [5.41, 5.74) is 8.15. The summed E-state index contributed by atoms with van der Waals surface area (Å²) in [5, 5.41) is 6.33. The number of nitrogens with zero attached hydrogens (tertiary/aromatic N) is 1. The largest absolute Gasteiger partial charge is 0.497 e. The van der Waals surface area contributed by atoms with Gasteiger partial charge in [-0.15, -0.1) is 11.3 Å². The summed E-state index contributed by atoms with van der Waals surface area (Å²) in [6.45, 7) is 3.58. The number of hydrogen-bond donors (Lipinski definition) is 3. The first-order chi connectivity index (χ1) is 14.5. The number of benzene rings is 1. The first kappa shape index (κ1) is 20.4. The molecule has 0 radical (unpaired) electrons. The molecule has 0 saturated carbocycles. The second-order valence-corrected chi connectivity index (χ2v) is 8.57. The zero-order chi connectivity index (χ0) is 21.3. The summed E-state index contributed by atoms with van der Waals surface area (Å²) < 4.78 is 5.38. The molecule has 1 unspecified atom stereocenters. The van der Waals surface area contributed by atoms with Crippen LogP contribution < -0.4 is 15.8 Å². The summed E-state index contributed by atoms with van der Waals surface area (Å²) in [6.07, 6.45) is 4.06. The second-order valence-electron chi connectivity index (χ2n) is 7.66. The summed E-state index contributed by atoms with van der Waals surface area (Å²) in [6, 6.07) is 7.44. The number of carbonyl (C=O) groups is 2. The Bertz CT molecular complexity index is 1070. The number of amides is 2. The molecule has 158 valence electrons. The van der Waals surface area contributed by atoms with Crippen LogP contribution in [0, 0.1) is 0 Å². The number of fused-ring (bicyclic) bond motifs is 1. The van der Waals surface area contributed by atoms with E-state index in [1.54, 1.807) is 18.6 Å². The minimum absolute atomic E-state index is 0.116. The first-order valence-corrected chi connectivity index (χ1v) is 10.9. The number of hydrogen-bond acceptors (Lipinski definition) is 5. The zero-order valence-corrected chi connectivity index (χ0v) is 17.9. The predicted molar refractivity (Wildman–Crippen MR) is 119 cm³/mol. The number of aromatic nitrogens is 1. The third-order valence-electron chi connectivity index (χ3n) is 5.98. The van der Waals surface area contributed by atoms with E-state index in [1.165, 1.54) is 22.3 Å². The number of anilines is 1. The standard InChI is InChI=1S/C22H26N4O3S/c1-13(21(28)25-22-16(20(23)27)7-10-30-22)26-8-5-14(6-9-26)18-12-24-19-4-3-15(29-2)11-17(18)19/h3-4,7,10-14,24H,5-6,8-9H2,1-2H3,(H2,23,27)(H,25,28). The van der Waals surface area contributed by atoms with E-state index in [2.05, 4.69) is 27.5 Å². The Labute approximate surface area is 179 Å². The van der Waals surface area contributed by atoms with Gasteiger partial charge in [0, 0.05) is 17.1 Å². The minimum atomic E-state index is -0.532. The number of ether oxygens (including phenoxy) is 1. The van der Waals surface area contributed by atoms with Crippen molar-refractivity contribution in [3.63, 3.8) is 0 Å². The average molecular weight is 427 g/mol. The van der Waals surface area contributed by atoms with Gasteiger partial charge < -0.3 is 20.8 Å². The van der Waals surface area contributed by atoms with E-state index < -0.39 is 5.91 Å². The molecule has 0 aliphatic carbocycles. The number of H-pyrrole nitrogens is 1. The highest BCUT2D eigenvalue weighted by atomic mass is 32.1. The van der Waals surface area contributed by atoms with Crippen LogP contribution in [0.25, 0.3) is 10.9 Å². The third kappa shape index (κ3) is 3.93. The summed E-state index contributed by atoms with van der Waals surface area (Å²) >= 11 is 1.31. The summed E-state index contributed by atoms with van der Waals surface area (Å²) in [4.78, 5) is 29.7. The van der Waals surface area contributed by atoms with Gasteiger partial charge in [0.25, 0.3) is 5.91 Å². The molecule has 7 nitrogen and oxygen atoms in total. The Balaban J connectivity index is 1.40. The van der Waals surface area contributed by atoms with Crippen LogP contribution in [0.4, 0.5) is 5.00 Å². The number of rotatable bonds is 6. The van der Waals surface area contributed by atoms with Crippen molar-refractivity contribution in [1.29, 1.82) is 0 Å². The molecule has 3 aromatic rings. The molecular weight excluding hydrogens is 400 g/mol. The van der Waals surface area contributed by atoms with E-state index in [-0.39, 0.29) is 11.9 Å². The number of nitrogens with one attached hydrogen (secondary N) is 2. The van der Waals surface area contributed by atoms with Crippen molar-refractivity contribution in [2.75, 3.05) is 25.5 Å². The number of primary amides is 1. The Kier molecular flexibility index (Phi) is 5.78. The highest BCUT2D eigenvalue weighted by Gasteiger charge is 2.29. The van der Waals surface area contributed by atoms with Gasteiger partial charge in [-0.1, -0.05) is 0 Å². The van der Waals surface area contributed by atoms with Crippen LogP contribution in [-0.2, 0) is 4.79 Å². The molecule has 1 fully saturated rings. The number of carbonyl (C=O) groups excluding carboxylic acids is 2. The van der Waals surface area contributed by atoms with Crippen LogP contribution in [-0.4, -0.2) is 47.9 Å². The fraction of sp³-hybridized carbons (Fsp3) is 0.364. The van der Waals surface area contributed by atoms with Crippen molar-refractivity contribution in [2.45, 2.75) is 31.7 Å². The van der Waals surface area contributed by atoms with Crippen LogP contribution in [0.5, 0.6) is 5.75 Å². The van der Waals surface area contributed by atoms with Crippen molar-refractivity contribution in [1.82, 2.24) is 9.88 Å². The first-order valence-electron chi connectivity index (χ1n) is 10.0. The van der Waals surface area contributed by atoms with Crippen LogP contribution in [0.3, 0.4) is 0 Å². The molecule has 2 amide bonds. The van der Waals surface area contributed by atoms with Crippen molar-refractivity contribution in [2.24, 2.45) is 5.73 Å². The van der Waals surface area contributed by atoms with Gasteiger partial charge in [-0.05, 0) is 74.0 Å². The number of methoxy groups -OCH3 is 1. The number of nitrogens with two attached hydrogens (primary N) is 1. The van der Waals surface area contributed by atoms with Crippen molar-refractivity contribution in [3.05, 3.63) is 47.0 Å². The lowest BCUT2D eigenvalue weighted by Crippen LogP contribution is -2.45. The van der Waals surface area contributed by atoms with Gasteiger partial charge in [0.2, 0.25) is 5.91 Å². The van der Waals surface area contributed by atoms with E-state index in [9.17, 15) is 9.59 Å². The molecule has 3 heterocycles. The lowest BCUT2D eigenvalue weighted by molar-refractivity contribution is -0.121. The van der Waals surface area contributed by atoms with E-state index in [0.717, 1.165) is 37.2 Å². The van der Waals surface area contributed by atoms with Gasteiger partial charge >= 0.3 is 0 Å². The molecular formula is C22H26N4O3S. The molecule has 4 N–H and O–H groups in total. The molecule has 0 bridgehead atoms. The Hall–Kier alpha value is -2.84. The maximum Gasteiger partial charge on any atom is 0.251 e. The van der Waals surface area contributed by atoms with Gasteiger partial charge in [-0.2, -0.15) is 0 Å². The van der Waals surface area contributed by atoms with Crippen LogP contribution in [0.15, 0.2) is 35.8 Å². The van der Waals surface area contributed by atoms with Gasteiger partial charge in [0.1, 0.15) is 10.8 Å². The van der Waals surface area contributed by atoms with Crippen molar-refractivity contribution in [3.8, 4) is 5.75 Å². The Morgan fingerprint density at radius 2 is 2.07 bits per heavy atom. The maximum atomic E-state index is 12.7. The highest BCUT2D eigenvalue weighted by molar-refractivity contribution is 7.14. The maximum absolute atomic E-state index is 12.7.